The highest BCUT2D eigenvalue weighted by atomic mass is 79.9. The SMILES string of the molecule is Brc1ccc(C#C[C@H](C2CCCCC2)N(Cc2ccccc2)Cc2ccccc2)cc1. The Bertz CT molecular complexity index is 938. The molecule has 2 heteroatoms. The first-order valence-electron chi connectivity index (χ1n) is 11.4. The Morgan fingerprint density at radius 3 is 1.84 bits per heavy atom. The zero-order valence-electron chi connectivity index (χ0n) is 18.0. The number of benzene rings is 3. The van der Waals surface area contributed by atoms with Crippen LogP contribution in [0, 0.1) is 17.8 Å². The average molecular weight is 472 g/mol. The van der Waals surface area contributed by atoms with Crippen molar-refractivity contribution in [3.63, 3.8) is 0 Å². The lowest BCUT2D eigenvalue weighted by atomic mass is 9.83. The Morgan fingerprint density at radius 1 is 0.742 bits per heavy atom. The van der Waals surface area contributed by atoms with Crippen molar-refractivity contribution in [3.05, 3.63) is 106 Å². The van der Waals surface area contributed by atoms with Gasteiger partial charge in [0.05, 0.1) is 6.04 Å². The fourth-order valence-corrected chi connectivity index (χ4v) is 4.80. The second-order valence-corrected chi connectivity index (χ2v) is 9.41. The molecule has 4 rings (SSSR count). The third-order valence-electron chi connectivity index (χ3n) is 6.16. The Hall–Kier alpha value is -2.34. The van der Waals surface area contributed by atoms with Crippen molar-refractivity contribution in [1.29, 1.82) is 0 Å². The molecule has 31 heavy (non-hydrogen) atoms. The normalized spacial score (nSPS) is 15.3. The summed E-state index contributed by atoms with van der Waals surface area (Å²) in [6.07, 6.45) is 6.57. The first-order valence-corrected chi connectivity index (χ1v) is 12.2. The smallest absolute Gasteiger partial charge is 0.0752 e. The molecule has 0 spiro atoms. The lowest BCUT2D eigenvalue weighted by Crippen LogP contribution is -2.40. The van der Waals surface area contributed by atoms with Crippen LogP contribution in [0.1, 0.15) is 48.8 Å². The molecule has 1 nitrogen and oxygen atoms in total. The van der Waals surface area contributed by atoms with E-state index in [0.717, 1.165) is 23.1 Å². The van der Waals surface area contributed by atoms with Gasteiger partial charge in [-0.3, -0.25) is 4.90 Å². The highest BCUT2D eigenvalue weighted by Gasteiger charge is 2.28. The Balaban J connectivity index is 1.66. The molecule has 0 N–H and O–H groups in total. The zero-order chi connectivity index (χ0) is 21.3. The highest BCUT2D eigenvalue weighted by molar-refractivity contribution is 9.10. The molecular weight excluding hydrogens is 442 g/mol. The molecular formula is C29H30BrN. The number of nitrogens with zero attached hydrogens (tertiary/aromatic N) is 1. The first-order chi connectivity index (χ1) is 15.3. The van der Waals surface area contributed by atoms with Crippen molar-refractivity contribution in [2.24, 2.45) is 5.92 Å². The molecule has 1 aliphatic rings. The molecule has 0 radical (unpaired) electrons. The van der Waals surface area contributed by atoms with Crippen LogP contribution in [0.4, 0.5) is 0 Å². The van der Waals surface area contributed by atoms with Crippen LogP contribution in [0.5, 0.6) is 0 Å². The molecule has 0 heterocycles. The van der Waals surface area contributed by atoms with Gasteiger partial charge in [-0.1, -0.05) is 108 Å². The molecule has 1 aliphatic carbocycles. The van der Waals surface area contributed by atoms with E-state index in [1.807, 2.05) is 0 Å². The summed E-state index contributed by atoms with van der Waals surface area (Å²) in [5.41, 5.74) is 3.79. The van der Waals surface area contributed by atoms with E-state index < -0.39 is 0 Å². The summed E-state index contributed by atoms with van der Waals surface area (Å²) in [6.45, 7) is 1.85. The maximum Gasteiger partial charge on any atom is 0.0752 e. The van der Waals surface area contributed by atoms with Gasteiger partial charge in [-0.15, -0.1) is 0 Å². The standard InChI is InChI=1S/C29H30BrN/c30-28-19-16-24(17-20-28)18-21-29(27-14-8-3-9-15-27)31(22-25-10-4-1-5-11-25)23-26-12-6-2-7-13-26/h1-2,4-7,10-13,16-17,19-20,27,29H,3,8-9,14-15,22-23H2/t29-/m1/s1. The third-order valence-corrected chi connectivity index (χ3v) is 6.68. The Morgan fingerprint density at radius 2 is 1.29 bits per heavy atom. The zero-order valence-corrected chi connectivity index (χ0v) is 19.6. The molecule has 158 valence electrons. The van der Waals surface area contributed by atoms with Crippen LogP contribution in [0.15, 0.2) is 89.4 Å². The van der Waals surface area contributed by atoms with E-state index in [0.29, 0.717) is 5.92 Å². The summed E-state index contributed by atoms with van der Waals surface area (Å²) in [5.74, 6) is 7.86. The summed E-state index contributed by atoms with van der Waals surface area (Å²) in [6, 6.07) is 30.3. The monoisotopic (exact) mass is 471 g/mol. The van der Waals surface area contributed by atoms with E-state index in [2.05, 4.69) is 118 Å². The molecule has 3 aromatic carbocycles. The van der Waals surface area contributed by atoms with Crippen LogP contribution < -0.4 is 0 Å². The number of halogens is 1. The minimum Gasteiger partial charge on any atom is -0.281 e. The van der Waals surface area contributed by atoms with Crippen LogP contribution >= 0.6 is 15.9 Å². The fraction of sp³-hybridized carbons (Fsp3) is 0.310. The maximum absolute atomic E-state index is 3.73. The maximum atomic E-state index is 3.73. The van der Waals surface area contributed by atoms with E-state index in [9.17, 15) is 0 Å². The van der Waals surface area contributed by atoms with Crippen molar-refractivity contribution in [2.45, 2.75) is 51.2 Å². The summed E-state index contributed by atoms with van der Waals surface area (Å²) >= 11 is 3.53. The summed E-state index contributed by atoms with van der Waals surface area (Å²) in [5, 5.41) is 0. The number of hydrogen-bond donors (Lipinski definition) is 0. The van der Waals surface area contributed by atoms with Crippen molar-refractivity contribution >= 4 is 15.9 Å². The number of hydrogen-bond acceptors (Lipinski definition) is 1. The third kappa shape index (κ3) is 6.57. The predicted octanol–water partition coefficient (Wildman–Crippen LogP) is 7.45. The Labute approximate surface area is 195 Å². The minimum atomic E-state index is 0.254. The van der Waals surface area contributed by atoms with Crippen LogP contribution in [0.3, 0.4) is 0 Å². The van der Waals surface area contributed by atoms with E-state index in [-0.39, 0.29) is 6.04 Å². The van der Waals surface area contributed by atoms with Gasteiger partial charge in [0.25, 0.3) is 0 Å². The van der Waals surface area contributed by atoms with Crippen molar-refractivity contribution < 1.29 is 0 Å². The molecule has 1 atom stereocenters. The van der Waals surface area contributed by atoms with Gasteiger partial charge in [0.2, 0.25) is 0 Å². The highest BCUT2D eigenvalue weighted by Crippen LogP contribution is 2.30. The second kappa shape index (κ2) is 11.3. The van der Waals surface area contributed by atoms with Gasteiger partial charge in [0, 0.05) is 23.1 Å². The molecule has 0 saturated heterocycles. The largest absolute Gasteiger partial charge is 0.281 e. The lowest BCUT2D eigenvalue weighted by molar-refractivity contribution is 0.141. The van der Waals surface area contributed by atoms with Crippen molar-refractivity contribution in [1.82, 2.24) is 4.90 Å². The molecule has 0 bridgehead atoms. The van der Waals surface area contributed by atoms with Crippen LogP contribution in [0.2, 0.25) is 0 Å². The van der Waals surface area contributed by atoms with Gasteiger partial charge in [-0.25, -0.2) is 0 Å². The number of rotatable bonds is 6. The summed E-state index contributed by atoms with van der Waals surface area (Å²) in [4.78, 5) is 2.60. The van der Waals surface area contributed by atoms with E-state index in [1.165, 1.54) is 43.2 Å². The Kier molecular flexibility index (Phi) is 7.99. The summed E-state index contributed by atoms with van der Waals surface area (Å²) < 4.78 is 1.09. The molecule has 3 aromatic rings. The quantitative estimate of drug-likeness (QED) is 0.337. The van der Waals surface area contributed by atoms with E-state index in [1.54, 1.807) is 0 Å². The van der Waals surface area contributed by atoms with E-state index >= 15 is 0 Å². The fourth-order valence-electron chi connectivity index (χ4n) is 4.54. The van der Waals surface area contributed by atoms with E-state index in [4.69, 9.17) is 0 Å². The molecule has 0 aromatic heterocycles. The summed E-state index contributed by atoms with van der Waals surface area (Å²) in [7, 11) is 0. The van der Waals surface area contributed by atoms with Gasteiger partial charge < -0.3 is 0 Å². The molecule has 1 fully saturated rings. The van der Waals surface area contributed by atoms with Crippen molar-refractivity contribution in [3.8, 4) is 11.8 Å². The minimum absolute atomic E-state index is 0.254. The van der Waals surface area contributed by atoms with Gasteiger partial charge in [-0.05, 0) is 54.2 Å². The van der Waals surface area contributed by atoms with Gasteiger partial charge in [0.15, 0.2) is 0 Å². The first kappa shape index (κ1) is 21.9. The molecule has 0 amide bonds. The molecule has 0 aliphatic heterocycles. The van der Waals surface area contributed by atoms with Crippen molar-refractivity contribution in [2.75, 3.05) is 0 Å². The van der Waals surface area contributed by atoms with Gasteiger partial charge >= 0.3 is 0 Å². The van der Waals surface area contributed by atoms with Gasteiger partial charge in [-0.2, -0.15) is 0 Å². The average Bonchev–Trinajstić information content (AvgIpc) is 2.82. The van der Waals surface area contributed by atoms with Crippen LogP contribution in [-0.2, 0) is 13.1 Å². The van der Waals surface area contributed by atoms with Crippen LogP contribution in [-0.4, -0.2) is 10.9 Å². The van der Waals surface area contributed by atoms with Gasteiger partial charge in [0.1, 0.15) is 0 Å². The molecule has 0 unspecified atom stereocenters. The topological polar surface area (TPSA) is 3.24 Å². The molecule has 1 saturated carbocycles. The second-order valence-electron chi connectivity index (χ2n) is 8.50. The lowest BCUT2D eigenvalue weighted by Gasteiger charge is -2.36. The van der Waals surface area contributed by atoms with Crippen LogP contribution in [0.25, 0.3) is 0 Å². The predicted molar refractivity (Wildman–Crippen MR) is 134 cm³/mol.